The minimum absolute atomic E-state index is 0.0104. The summed E-state index contributed by atoms with van der Waals surface area (Å²) >= 11 is 0. The Balaban J connectivity index is 0.751. The number of H-pyrrole nitrogens is 1. The van der Waals surface area contributed by atoms with Crippen LogP contribution in [0.4, 0.5) is 17.2 Å². The maximum atomic E-state index is 14.0. The lowest BCUT2D eigenvalue weighted by molar-refractivity contribution is -0.384. The normalized spacial score (nSPS) is 27.1. The number of benzene rings is 2. The van der Waals surface area contributed by atoms with Gasteiger partial charge in [-0.1, -0.05) is 30.7 Å². The third-order valence-corrected chi connectivity index (χ3v) is 17.5. The number of nitro groups is 1. The van der Waals surface area contributed by atoms with E-state index in [1.807, 2.05) is 12.1 Å². The molecule has 15 heteroatoms. The number of aromatic nitrogens is 3. The molecule has 5 aliphatic carbocycles. The van der Waals surface area contributed by atoms with Gasteiger partial charge in [-0.25, -0.2) is 23.1 Å². The van der Waals surface area contributed by atoms with Gasteiger partial charge in [-0.3, -0.25) is 19.8 Å². The van der Waals surface area contributed by atoms with Crippen LogP contribution in [-0.4, -0.2) is 71.3 Å². The van der Waals surface area contributed by atoms with Crippen molar-refractivity contribution >= 4 is 44.2 Å². The number of rotatable bonds is 13. The van der Waals surface area contributed by atoms with Gasteiger partial charge in [0.05, 0.1) is 22.9 Å². The molecule has 1 amide bonds. The van der Waals surface area contributed by atoms with Crippen molar-refractivity contribution in [2.75, 3.05) is 36.4 Å². The van der Waals surface area contributed by atoms with Gasteiger partial charge in [0.25, 0.3) is 15.9 Å². The number of piperidine rings is 2. The van der Waals surface area contributed by atoms with Gasteiger partial charge in [0.15, 0.2) is 0 Å². The Bertz CT molecular complexity index is 2770. The second-order valence-electron chi connectivity index (χ2n) is 19.6. The maximum absolute atomic E-state index is 14.0. The number of nitrogens with zero attached hydrogens (tertiary/aromatic N) is 5. The van der Waals surface area contributed by atoms with Gasteiger partial charge in [-0.2, -0.15) is 0 Å². The standard InChI is InChI=1S/C48H52N8O6S/c57-46(53-63(60,61)35-22-42(56(58)59)45(51-27-35)52-28-40-37-5-3-6-38(37)40)39-11-10-32(21-43(39)62-34-20-30-12-16-49-44(30)50-26-34)54-18-14-47(15-19-54)24-33(25-47)55-17-13-31-23-48(31,55)41-7-2-1-4-36(41)29-8-9-29/h1-2,4,7,10-12,16,20-22,26-27,29,31,33,37-38,40H,3,5-6,8-9,13-15,17-19,23-25,28H2,(H,49,50)(H,51,52)(H,53,57)/t31?,37?,38?,40?,48-/m0/s1. The van der Waals surface area contributed by atoms with Crippen LogP contribution in [-0.2, 0) is 15.6 Å². The molecule has 7 aliphatic rings. The Morgan fingerprint density at radius 3 is 2.52 bits per heavy atom. The summed E-state index contributed by atoms with van der Waals surface area (Å²) in [5.74, 6) is 2.91. The summed E-state index contributed by atoms with van der Waals surface area (Å²) in [6.07, 6.45) is 17.8. The summed E-state index contributed by atoms with van der Waals surface area (Å²) in [4.78, 5) is 41.8. The fraction of sp³-hybridized carbons (Fsp3) is 0.479. The van der Waals surface area contributed by atoms with Gasteiger partial charge in [0.2, 0.25) is 5.82 Å². The molecule has 5 aromatic rings. The number of carbonyl (C=O) groups excluding carboxylic acids is 1. The van der Waals surface area contributed by atoms with Gasteiger partial charge in [-0.05, 0) is 141 Å². The number of aromatic amines is 1. The van der Waals surface area contributed by atoms with Gasteiger partial charge >= 0.3 is 5.69 Å². The molecule has 2 aliphatic heterocycles. The van der Waals surface area contributed by atoms with Crippen LogP contribution in [0.25, 0.3) is 11.0 Å². The average Bonchev–Trinajstić information content (AvgIpc) is 4.22. The van der Waals surface area contributed by atoms with E-state index in [0.29, 0.717) is 47.2 Å². The molecule has 3 N–H and O–H groups in total. The van der Waals surface area contributed by atoms with E-state index < -0.39 is 31.4 Å². The van der Waals surface area contributed by atoms with Gasteiger partial charge < -0.3 is 19.9 Å². The van der Waals surface area contributed by atoms with E-state index in [-0.39, 0.29) is 22.7 Å². The smallest absolute Gasteiger partial charge is 0.312 e. The summed E-state index contributed by atoms with van der Waals surface area (Å²) in [5.41, 5.74) is 4.88. The number of carbonyl (C=O) groups is 1. The predicted octanol–water partition coefficient (Wildman–Crippen LogP) is 8.48. The van der Waals surface area contributed by atoms with Crippen molar-refractivity contribution in [3.8, 4) is 11.5 Å². The van der Waals surface area contributed by atoms with Crippen molar-refractivity contribution in [1.29, 1.82) is 0 Å². The molecule has 12 rings (SSSR count). The number of hydrogen-bond donors (Lipinski definition) is 3. The minimum Gasteiger partial charge on any atom is -0.455 e. The molecule has 63 heavy (non-hydrogen) atoms. The Labute approximate surface area is 366 Å². The predicted molar refractivity (Wildman–Crippen MR) is 237 cm³/mol. The van der Waals surface area contributed by atoms with E-state index in [1.165, 1.54) is 64.3 Å². The molecule has 1 spiro atoms. The molecular formula is C48H52N8O6S. The number of pyridine rings is 2. The van der Waals surface area contributed by atoms with Gasteiger partial charge in [0, 0.05) is 60.6 Å². The van der Waals surface area contributed by atoms with Crippen LogP contribution in [0, 0.1) is 39.2 Å². The molecule has 5 heterocycles. The third kappa shape index (κ3) is 6.75. The molecule has 3 aromatic heterocycles. The van der Waals surface area contributed by atoms with Crippen molar-refractivity contribution in [3.63, 3.8) is 0 Å². The lowest BCUT2D eigenvalue weighted by atomic mass is 9.59. The first kappa shape index (κ1) is 39.1. The number of likely N-dealkylation sites (tertiary alicyclic amines) is 1. The fourth-order valence-corrected chi connectivity index (χ4v) is 13.5. The number of nitrogens with one attached hydrogen (secondary N) is 3. The van der Waals surface area contributed by atoms with E-state index >= 15 is 0 Å². The monoisotopic (exact) mass is 868 g/mol. The lowest BCUT2D eigenvalue weighted by Gasteiger charge is -2.56. The molecule has 0 radical (unpaired) electrons. The number of sulfonamides is 1. The zero-order valence-electron chi connectivity index (χ0n) is 35.2. The summed E-state index contributed by atoms with van der Waals surface area (Å²) < 4.78 is 35.9. The first-order valence-corrected chi connectivity index (χ1v) is 24.4. The summed E-state index contributed by atoms with van der Waals surface area (Å²) in [5, 5.41) is 16.0. The van der Waals surface area contributed by atoms with Gasteiger partial charge in [-0.15, -0.1) is 0 Å². The number of hydrogen-bond acceptors (Lipinski definition) is 11. The number of ether oxygens (including phenoxy) is 1. The molecule has 2 aromatic carbocycles. The summed E-state index contributed by atoms with van der Waals surface area (Å²) in [6.45, 7) is 3.47. The first-order valence-electron chi connectivity index (χ1n) is 22.9. The largest absolute Gasteiger partial charge is 0.455 e. The zero-order chi connectivity index (χ0) is 42.7. The molecule has 3 unspecified atom stereocenters. The molecular weight excluding hydrogens is 817 g/mol. The van der Waals surface area contributed by atoms with E-state index in [4.69, 9.17) is 4.74 Å². The molecule has 0 bridgehead atoms. The van der Waals surface area contributed by atoms with E-state index in [2.05, 4.69) is 59.1 Å². The minimum atomic E-state index is -4.58. The fourth-order valence-electron chi connectivity index (χ4n) is 12.6. The van der Waals surface area contributed by atoms with Crippen molar-refractivity contribution < 1.29 is 22.9 Å². The van der Waals surface area contributed by atoms with Crippen molar-refractivity contribution in [1.82, 2.24) is 24.6 Å². The number of fused-ring (bicyclic) bond motifs is 3. The van der Waals surface area contributed by atoms with Crippen LogP contribution in [0.3, 0.4) is 0 Å². The topological polar surface area (TPSA) is 176 Å². The summed E-state index contributed by atoms with van der Waals surface area (Å²) in [7, 11) is -4.58. The average molecular weight is 869 g/mol. The van der Waals surface area contributed by atoms with E-state index in [1.54, 1.807) is 41.7 Å². The van der Waals surface area contributed by atoms with Crippen LogP contribution in [0.2, 0.25) is 0 Å². The van der Waals surface area contributed by atoms with Crippen LogP contribution in [0.1, 0.15) is 98.0 Å². The van der Waals surface area contributed by atoms with Crippen LogP contribution >= 0.6 is 0 Å². The number of amides is 1. The van der Waals surface area contributed by atoms with Crippen molar-refractivity contribution in [2.45, 2.75) is 93.0 Å². The Morgan fingerprint density at radius 1 is 0.937 bits per heavy atom. The highest BCUT2D eigenvalue weighted by Gasteiger charge is 2.67. The molecule has 4 atom stereocenters. The molecule has 5 saturated carbocycles. The highest BCUT2D eigenvalue weighted by molar-refractivity contribution is 7.90. The van der Waals surface area contributed by atoms with Crippen LogP contribution in [0.5, 0.6) is 11.5 Å². The van der Waals surface area contributed by atoms with Crippen molar-refractivity contribution in [3.05, 3.63) is 106 Å². The highest BCUT2D eigenvalue weighted by Crippen LogP contribution is 2.68. The van der Waals surface area contributed by atoms with Crippen LogP contribution < -0.4 is 19.7 Å². The molecule has 14 nitrogen and oxygen atoms in total. The quantitative estimate of drug-likeness (QED) is 0.0765. The second-order valence-corrected chi connectivity index (χ2v) is 21.3. The Morgan fingerprint density at radius 2 is 1.75 bits per heavy atom. The summed E-state index contributed by atoms with van der Waals surface area (Å²) in [6, 6.07) is 19.8. The second kappa shape index (κ2) is 14.5. The first-order chi connectivity index (χ1) is 30.6. The maximum Gasteiger partial charge on any atom is 0.312 e. The molecule has 7 fully saturated rings. The van der Waals surface area contributed by atoms with Gasteiger partial charge in [0.1, 0.15) is 22.0 Å². The van der Waals surface area contributed by atoms with E-state index in [0.717, 1.165) is 61.1 Å². The third-order valence-electron chi connectivity index (χ3n) is 16.2. The highest BCUT2D eigenvalue weighted by atomic mass is 32.2. The molecule has 2 saturated heterocycles. The SMILES string of the molecule is O=C(NS(=O)(=O)c1cnc(NCC2C3CCCC32)c([N+](=O)[O-])c1)c1ccc(N2CCC3(CC2)CC(N2CCC4C[C@@]42c2ccccc2C2CC2)C3)cc1Oc1cnc2[nH]ccc2c1. The van der Waals surface area contributed by atoms with E-state index in [9.17, 15) is 23.3 Å². The molecule has 326 valence electrons. The number of anilines is 2. The van der Waals surface area contributed by atoms with Crippen LogP contribution in [0.15, 0.2) is 84.1 Å². The Hall–Kier alpha value is -5.54. The Kier molecular flexibility index (Phi) is 8.99. The van der Waals surface area contributed by atoms with Crippen molar-refractivity contribution in [2.24, 2.45) is 29.1 Å². The lowest BCUT2D eigenvalue weighted by Crippen LogP contribution is -2.56. The zero-order valence-corrected chi connectivity index (χ0v) is 36.0.